The summed E-state index contributed by atoms with van der Waals surface area (Å²) in [5, 5.41) is 7.64. The standard InChI is InChI=1S/C31H31ClFN5O4/c1-40-29-18-24-26(19-30(29)41-16-4-15-38-13-2-3-14-38)34-12-11-27(24)42-28-10-9-23(17-25(28)33)36-31(39)37-35-20-21-5-7-22(32)8-6-21/h5-12,17-20H,2-4,13-16H2,1H3,(H2,36,37,39)/b35-20+. The number of methoxy groups -OCH3 is 1. The third-order valence-corrected chi connectivity index (χ3v) is 6.97. The number of nitrogens with one attached hydrogen (secondary N) is 2. The molecule has 11 heteroatoms. The molecule has 218 valence electrons. The molecule has 1 aromatic heterocycles. The molecule has 4 aromatic rings. The molecule has 1 saturated heterocycles. The molecule has 42 heavy (non-hydrogen) atoms. The first-order valence-corrected chi connectivity index (χ1v) is 14.0. The Labute approximate surface area is 248 Å². The number of carbonyl (C=O) groups is 1. The van der Waals surface area contributed by atoms with Crippen LogP contribution in [-0.4, -0.2) is 55.5 Å². The van der Waals surface area contributed by atoms with Crippen LogP contribution in [0.15, 0.2) is 72.0 Å². The third-order valence-electron chi connectivity index (χ3n) is 6.72. The average molecular weight is 592 g/mol. The number of urea groups is 1. The van der Waals surface area contributed by atoms with Crippen molar-refractivity contribution in [3.63, 3.8) is 0 Å². The summed E-state index contributed by atoms with van der Waals surface area (Å²) < 4.78 is 32.5. The molecule has 9 nitrogen and oxygen atoms in total. The van der Waals surface area contributed by atoms with Gasteiger partial charge in [-0.05, 0) is 74.3 Å². The van der Waals surface area contributed by atoms with E-state index in [4.69, 9.17) is 25.8 Å². The number of anilines is 1. The Morgan fingerprint density at radius 1 is 1.05 bits per heavy atom. The highest BCUT2D eigenvalue weighted by Gasteiger charge is 2.15. The molecule has 2 heterocycles. The van der Waals surface area contributed by atoms with Crippen LogP contribution >= 0.6 is 11.6 Å². The number of carbonyl (C=O) groups excluding carboxylic acids is 1. The van der Waals surface area contributed by atoms with Crippen molar-refractivity contribution in [3.8, 4) is 23.0 Å². The predicted octanol–water partition coefficient (Wildman–Crippen LogP) is 6.85. The molecular formula is C31H31ClFN5O4. The quantitative estimate of drug-likeness (QED) is 0.112. The maximum atomic E-state index is 15.0. The minimum absolute atomic E-state index is 0.0181. The van der Waals surface area contributed by atoms with E-state index < -0.39 is 11.8 Å². The van der Waals surface area contributed by atoms with Gasteiger partial charge in [-0.1, -0.05) is 23.7 Å². The molecule has 0 bridgehead atoms. The number of hydrazone groups is 1. The zero-order valence-corrected chi connectivity index (χ0v) is 23.9. The van der Waals surface area contributed by atoms with Gasteiger partial charge in [-0.15, -0.1) is 0 Å². The molecule has 1 aliphatic heterocycles. The molecule has 5 rings (SSSR count). The fourth-order valence-corrected chi connectivity index (χ4v) is 4.75. The molecule has 0 spiro atoms. The van der Waals surface area contributed by atoms with Crippen molar-refractivity contribution in [1.82, 2.24) is 15.3 Å². The van der Waals surface area contributed by atoms with Crippen LogP contribution in [0.2, 0.25) is 5.02 Å². The monoisotopic (exact) mass is 591 g/mol. The van der Waals surface area contributed by atoms with Crippen LogP contribution in [0.25, 0.3) is 10.9 Å². The second kappa shape index (κ2) is 14.0. The number of aromatic nitrogens is 1. The number of amides is 2. The molecule has 1 fully saturated rings. The smallest absolute Gasteiger partial charge is 0.339 e. The van der Waals surface area contributed by atoms with Gasteiger partial charge in [0.1, 0.15) is 5.75 Å². The van der Waals surface area contributed by atoms with Gasteiger partial charge in [0.25, 0.3) is 0 Å². The first kappa shape index (κ1) is 29.1. The number of nitrogens with zero attached hydrogens (tertiary/aromatic N) is 3. The Bertz CT molecular complexity index is 1560. The zero-order chi connectivity index (χ0) is 29.3. The van der Waals surface area contributed by atoms with E-state index in [9.17, 15) is 9.18 Å². The number of hydrogen-bond acceptors (Lipinski definition) is 7. The summed E-state index contributed by atoms with van der Waals surface area (Å²) in [6, 6.07) is 15.7. The molecule has 3 aromatic carbocycles. The van der Waals surface area contributed by atoms with E-state index in [-0.39, 0.29) is 11.4 Å². The number of rotatable bonds is 11. The predicted molar refractivity (Wildman–Crippen MR) is 162 cm³/mol. The number of halogens is 2. The zero-order valence-electron chi connectivity index (χ0n) is 23.1. The first-order valence-electron chi connectivity index (χ1n) is 13.6. The summed E-state index contributed by atoms with van der Waals surface area (Å²) in [6.07, 6.45) is 6.50. The lowest BCUT2D eigenvalue weighted by Crippen LogP contribution is -2.24. The fourth-order valence-electron chi connectivity index (χ4n) is 4.62. The van der Waals surface area contributed by atoms with E-state index in [1.807, 2.05) is 0 Å². The van der Waals surface area contributed by atoms with Gasteiger partial charge in [-0.2, -0.15) is 5.10 Å². The van der Waals surface area contributed by atoms with Gasteiger partial charge in [-0.3, -0.25) is 4.98 Å². The van der Waals surface area contributed by atoms with Gasteiger partial charge in [-0.25, -0.2) is 14.6 Å². The van der Waals surface area contributed by atoms with Crippen LogP contribution in [0, 0.1) is 5.82 Å². The van der Waals surface area contributed by atoms with Gasteiger partial charge >= 0.3 is 6.03 Å². The van der Waals surface area contributed by atoms with E-state index in [2.05, 4.69) is 25.7 Å². The summed E-state index contributed by atoms with van der Waals surface area (Å²) in [5.74, 6) is 0.843. The number of benzene rings is 3. The molecular weight excluding hydrogens is 561 g/mol. The molecule has 1 aliphatic rings. The van der Waals surface area contributed by atoms with Crippen LogP contribution in [0.1, 0.15) is 24.8 Å². The number of likely N-dealkylation sites (tertiary alicyclic amines) is 1. The summed E-state index contributed by atoms with van der Waals surface area (Å²) in [6.45, 7) is 3.88. The summed E-state index contributed by atoms with van der Waals surface area (Å²) >= 11 is 5.86. The SMILES string of the molecule is COc1cc2c(Oc3ccc(NC(=O)N/N=C/c4ccc(Cl)cc4)cc3F)ccnc2cc1OCCCN1CCCC1. The normalized spacial score (nSPS) is 13.4. The Morgan fingerprint density at radius 2 is 1.86 bits per heavy atom. The molecule has 0 saturated carbocycles. The van der Waals surface area contributed by atoms with E-state index >= 15 is 0 Å². The first-order chi connectivity index (χ1) is 20.5. The van der Waals surface area contributed by atoms with Crippen LogP contribution < -0.4 is 25.0 Å². The van der Waals surface area contributed by atoms with E-state index in [1.165, 1.54) is 31.2 Å². The van der Waals surface area contributed by atoms with Gasteiger partial charge in [0.15, 0.2) is 23.1 Å². The van der Waals surface area contributed by atoms with Crippen molar-refractivity contribution >= 4 is 40.4 Å². The van der Waals surface area contributed by atoms with E-state index in [0.29, 0.717) is 39.8 Å². The topological polar surface area (TPSA) is 97.3 Å². The minimum atomic E-state index is -0.660. The highest BCUT2D eigenvalue weighted by molar-refractivity contribution is 6.30. The van der Waals surface area contributed by atoms with Crippen molar-refractivity contribution in [2.75, 3.05) is 38.7 Å². The Kier molecular flexibility index (Phi) is 9.68. The lowest BCUT2D eigenvalue weighted by molar-refractivity contribution is 0.252. The maximum Gasteiger partial charge on any atom is 0.339 e. The van der Waals surface area contributed by atoms with Crippen molar-refractivity contribution in [2.24, 2.45) is 5.10 Å². The Morgan fingerprint density at radius 3 is 2.62 bits per heavy atom. The summed E-state index contributed by atoms with van der Waals surface area (Å²) in [7, 11) is 1.57. The molecule has 2 amide bonds. The van der Waals surface area contributed by atoms with Gasteiger partial charge in [0.05, 0.1) is 25.4 Å². The van der Waals surface area contributed by atoms with Crippen LogP contribution in [0.4, 0.5) is 14.9 Å². The minimum Gasteiger partial charge on any atom is -0.493 e. The Balaban J connectivity index is 1.21. The third kappa shape index (κ3) is 7.65. The second-order valence-electron chi connectivity index (χ2n) is 9.70. The summed E-state index contributed by atoms with van der Waals surface area (Å²) in [4.78, 5) is 19.1. The van der Waals surface area contributed by atoms with Crippen molar-refractivity contribution in [1.29, 1.82) is 0 Å². The van der Waals surface area contributed by atoms with Crippen molar-refractivity contribution in [2.45, 2.75) is 19.3 Å². The lowest BCUT2D eigenvalue weighted by Gasteiger charge is -2.16. The fraction of sp³-hybridized carbons (Fsp3) is 0.258. The van der Waals surface area contributed by atoms with Crippen LogP contribution in [0.5, 0.6) is 23.0 Å². The second-order valence-corrected chi connectivity index (χ2v) is 10.1. The number of ether oxygens (including phenoxy) is 3. The molecule has 0 unspecified atom stereocenters. The van der Waals surface area contributed by atoms with Gasteiger partial charge < -0.3 is 24.4 Å². The van der Waals surface area contributed by atoms with Gasteiger partial charge in [0.2, 0.25) is 0 Å². The molecule has 0 radical (unpaired) electrons. The van der Waals surface area contributed by atoms with Gasteiger partial charge in [0, 0.05) is 41.0 Å². The number of fused-ring (bicyclic) bond motifs is 1. The van der Waals surface area contributed by atoms with Crippen LogP contribution in [0.3, 0.4) is 0 Å². The average Bonchev–Trinajstić information content (AvgIpc) is 3.51. The number of hydrogen-bond donors (Lipinski definition) is 2. The van der Waals surface area contributed by atoms with E-state index in [1.54, 1.807) is 55.8 Å². The molecule has 0 atom stereocenters. The Hall–Kier alpha value is -4.41. The van der Waals surface area contributed by atoms with Crippen LogP contribution in [-0.2, 0) is 0 Å². The molecule has 0 aliphatic carbocycles. The van der Waals surface area contributed by atoms with Crippen molar-refractivity contribution < 1.29 is 23.4 Å². The largest absolute Gasteiger partial charge is 0.493 e. The number of pyridine rings is 1. The lowest BCUT2D eigenvalue weighted by atomic mass is 10.1. The van der Waals surface area contributed by atoms with E-state index in [0.717, 1.165) is 37.7 Å². The highest BCUT2D eigenvalue weighted by atomic mass is 35.5. The molecule has 2 N–H and O–H groups in total. The maximum absolute atomic E-state index is 15.0. The van der Waals surface area contributed by atoms with Crippen molar-refractivity contribution in [3.05, 3.63) is 83.3 Å². The highest BCUT2D eigenvalue weighted by Crippen LogP contribution is 2.38. The summed E-state index contributed by atoms with van der Waals surface area (Å²) in [5.41, 5.74) is 3.94.